The lowest BCUT2D eigenvalue weighted by atomic mass is 9.97. The summed E-state index contributed by atoms with van der Waals surface area (Å²) in [5.41, 5.74) is 5.29. The van der Waals surface area contributed by atoms with Crippen molar-refractivity contribution < 1.29 is 5.11 Å². The summed E-state index contributed by atoms with van der Waals surface area (Å²) in [6.45, 7) is 16.0. The monoisotopic (exact) mass is 412 g/mol. The van der Waals surface area contributed by atoms with Crippen molar-refractivity contribution in [3.8, 4) is 0 Å². The Labute approximate surface area is 182 Å². The second-order valence-electron chi connectivity index (χ2n) is 9.78. The van der Waals surface area contributed by atoms with Gasteiger partial charge in [-0.25, -0.2) is 0 Å². The van der Waals surface area contributed by atoms with E-state index in [-0.39, 0.29) is 6.61 Å². The number of hydrogen-bond acceptors (Lipinski definition) is 4. The Hall–Kier alpha value is -1.40. The van der Waals surface area contributed by atoms with Gasteiger partial charge in [0.2, 0.25) is 0 Å². The standard InChI is InChI=1S/C25H40N4O/c1-18(2)28-10-7-21(8-11-28)29-13-12-27(16-22(29)9-14-30)17-25-20(4)23-15-19(3)5-6-24(23)26-25/h5-6,15,18,21-22,26,30H,7-14,16-17H2,1-4H3/t22-/m1/s1. The molecule has 4 rings (SSSR count). The van der Waals surface area contributed by atoms with Crippen molar-refractivity contribution in [1.82, 2.24) is 19.7 Å². The van der Waals surface area contributed by atoms with Crippen LogP contribution in [0.3, 0.4) is 0 Å². The SMILES string of the molecule is Cc1ccc2[nH]c(CN3CCN(C4CCN(C(C)C)CC4)[C@H](CCO)C3)c(C)c2c1. The predicted molar refractivity (Wildman–Crippen MR) is 125 cm³/mol. The molecular formula is C25H40N4O. The molecule has 0 bridgehead atoms. The van der Waals surface area contributed by atoms with E-state index in [9.17, 15) is 5.11 Å². The van der Waals surface area contributed by atoms with Gasteiger partial charge in [0.25, 0.3) is 0 Å². The first kappa shape index (κ1) is 21.8. The third-order valence-electron chi connectivity index (χ3n) is 7.47. The summed E-state index contributed by atoms with van der Waals surface area (Å²) in [5, 5.41) is 11.1. The average molecular weight is 413 g/mol. The highest BCUT2D eigenvalue weighted by molar-refractivity contribution is 5.85. The molecule has 2 aliphatic rings. The van der Waals surface area contributed by atoms with Gasteiger partial charge in [-0.1, -0.05) is 11.6 Å². The van der Waals surface area contributed by atoms with E-state index < -0.39 is 0 Å². The van der Waals surface area contributed by atoms with E-state index in [0.29, 0.717) is 18.1 Å². The number of fused-ring (bicyclic) bond motifs is 1. The molecule has 30 heavy (non-hydrogen) atoms. The fourth-order valence-corrected chi connectivity index (χ4v) is 5.58. The second-order valence-corrected chi connectivity index (χ2v) is 9.78. The number of hydrogen-bond donors (Lipinski definition) is 2. The number of aliphatic hydroxyl groups excluding tert-OH is 1. The molecule has 166 valence electrons. The minimum absolute atomic E-state index is 0.282. The highest BCUT2D eigenvalue weighted by atomic mass is 16.3. The van der Waals surface area contributed by atoms with Crippen molar-refractivity contribution in [3.05, 3.63) is 35.0 Å². The zero-order chi connectivity index (χ0) is 21.3. The van der Waals surface area contributed by atoms with E-state index in [0.717, 1.165) is 32.6 Å². The van der Waals surface area contributed by atoms with Crippen LogP contribution in [0.1, 0.15) is 49.9 Å². The summed E-state index contributed by atoms with van der Waals surface area (Å²) in [5.74, 6) is 0. The molecule has 2 N–H and O–H groups in total. The van der Waals surface area contributed by atoms with Crippen LogP contribution >= 0.6 is 0 Å². The molecule has 3 heterocycles. The lowest BCUT2D eigenvalue weighted by Crippen LogP contribution is -2.58. The molecule has 0 amide bonds. The molecule has 2 aliphatic heterocycles. The van der Waals surface area contributed by atoms with Crippen LogP contribution in [0, 0.1) is 13.8 Å². The van der Waals surface area contributed by atoms with Crippen molar-refractivity contribution in [2.45, 2.75) is 71.6 Å². The average Bonchev–Trinajstić information content (AvgIpc) is 3.03. The Kier molecular flexibility index (Phi) is 6.83. The van der Waals surface area contributed by atoms with Crippen LogP contribution in [0.2, 0.25) is 0 Å². The zero-order valence-electron chi connectivity index (χ0n) is 19.3. The maximum absolute atomic E-state index is 9.73. The number of piperazine rings is 1. The number of benzene rings is 1. The van der Waals surface area contributed by atoms with Gasteiger partial charge in [0.1, 0.15) is 0 Å². The maximum atomic E-state index is 9.73. The number of rotatable bonds is 6. The number of likely N-dealkylation sites (tertiary alicyclic amines) is 1. The van der Waals surface area contributed by atoms with Gasteiger partial charge in [-0.2, -0.15) is 0 Å². The quantitative estimate of drug-likeness (QED) is 0.762. The first-order valence-electron chi connectivity index (χ1n) is 11.9. The number of nitrogens with one attached hydrogen (secondary N) is 1. The van der Waals surface area contributed by atoms with Gasteiger partial charge in [0, 0.05) is 67.5 Å². The Morgan fingerprint density at radius 1 is 1.10 bits per heavy atom. The van der Waals surface area contributed by atoms with Gasteiger partial charge in [-0.15, -0.1) is 0 Å². The third kappa shape index (κ3) is 4.59. The second kappa shape index (κ2) is 9.39. The molecule has 0 radical (unpaired) electrons. The maximum Gasteiger partial charge on any atom is 0.0459 e. The molecule has 0 spiro atoms. The van der Waals surface area contributed by atoms with Crippen molar-refractivity contribution in [2.24, 2.45) is 0 Å². The molecule has 2 aromatic rings. The molecule has 2 fully saturated rings. The van der Waals surface area contributed by atoms with E-state index in [4.69, 9.17) is 0 Å². The Morgan fingerprint density at radius 3 is 2.57 bits per heavy atom. The van der Waals surface area contributed by atoms with E-state index >= 15 is 0 Å². The molecule has 0 unspecified atom stereocenters. The molecule has 1 aromatic heterocycles. The van der Waals surface area contributed by atoms with Gasteiger partial charge in [0.15, 0.2) is 0 Å². The predicted octanol–water partition coefficient (Wildman–Crippen LogP) is 3.53. The summed E-state index contributed by atoms with van der Waals surface area (Å²) < 4.78 is 0. The number of H-pyrrole nitrogens is 1. The van der Waals surface area contributed by atoms with Crippen LogP contribution in [0.15, 0.2) is 18.2 Å². The Bertz CT molecular complexity index is 837. The van der Waals surface area contributed by atoms with Crippen molar-refractivity contribution in [3.63, 3.8) is 0 Å². The molecule has 5 heteroatoms. The minimum atomic E-state index is 0.282. The van der Waals surface area contributed by atoms with Gasteiger partial charge < -0.3 is 15.0 Å². The zero-order valence-corrected chi connectivity index (χ0v) is 19.3. The van der Waals surface area contributed by atoms with E-state index in [1.807, 2.05) is 0 Å². The first-order chi connectivity index (χ1) is 14.5. The number of aromatic amines is 1. The first-order valence-corrected chi connectivity index (χ1v) is 11.9. The van der Waals surface area contributed by atoms with Crippen LogP contribution in [0.25, 0.3) is 10.9 Å². The molecule has 1 aromatic carbocycles. The summed E-state index contributed by atoms with van der Waals surface area (Å²) in [6.07, 6.45) is 3.41. The number of aryl methyl sites for hydroxylation is 2. The fraction of sp³-hybridized carbons (Fsp3) is 0.680. The molecule has 2 saturated heterocycles. The van der Waals surface area contributed by atoms with Crippen LogP contribution in [0.5, 0.6) is 0 Å². The Morgan fingerprint density at radius 2 is 1.87 bits per heavy atom. The minimum Gasteiger partial charge on any atom is -0.396 e. The molecule has 0 saturated carbocycles. The van der Waals surface area contributed by atoms with Crippen LogP contribution in [-0.4, -0.2) is 82.2 Å². The smallest absolute Gasteiger partial charge is 0.0459 e. The van der Waals surface area contributed by atoms with Crippen LogP contribution in [0.4, 0.5) is 0 Å². The van der Waals surface area contributed by atoms with E-state index in [1.165, 1.54) is 53.7 Å². The van der Waals surface area contributed by atoms with Crippen molar-refractivity contribution in [1.29, 1.82) is 0 Å². The molecule has 0 aliphatic carbocycles. The number of nitrogens with zero attached hydrogens (tertiary/aromatic N) is 3. The van der Waals surface area contributed by atoms with Gasteiger partial charge in [-0.05, 0) is 77.7 Å². The molecule has 1 atom stereocenters. The number of piperidine rings is 1. The summed E-state index contributed by atoms with van der Waals surface area (Å²) >= 11 is 0. The van der Waals surface area contributed by atoms with E-state index in [2.05, 4.69) is 65.6 Å². The van der Waals surface area contributed by atoms with Gasteiger partial charge in [0.05, 0.1) is 0 Å². The van der Waals surface area contributed by atoms with Crippen LogP contribution in [-0.2, 0) is 6.54 Å². The van der Waals surface area contributed by atoms with Crippen molar-refractivity contribution >= 4 is 10.9 Å². The highest BCUT2D eigenvalue weighted by Crippen LogP contribution is 2.27. The lowest BCUT2D eigenvalue weighted by molar-refractivity contribution is -0.000331. The van der Waals surface area contributed by atoms with Crippen molar-refractivity contribution in [2.75, 3.05) is 39.3 Å². The number of aliphatic hydroxyl groups is 1. The highest BCUT2D eigenvalue weighted by Gasteiger charge is 2.34. The van der Waals surface area contributed by atoms with Gasteiger partial charge >= 0.3 is 0 Å². The number of aromatic nitrogens is 1. The summed E-state index contributed by atoms with van der Waals surface area (Å²) in [7, 11) is 0. The third-order valence-corrected chi connectivity index (χ3v) is 7.47. The summed E-state index contributed by atoms with van der Waals surface area (Å²) in [4.78, 5) is 11.6. The fourth-order valence-electron chi connectivity index (χ4n) is 5.58. The largest absolute Gasteiger partial charge is 0.396 e. The molecular weight excluding hydrogens is 372 g/mol. The van der Waals surface area contributed by atoms with E-state index in [1.54, 1.807) is 0 Å². The lowest BCUT2D eigenvalue weighted by Gasteiger charge is -2.48. The topological polar surface area (TPSA) is 45.7 Å². The molecule has 5 nitrogen and oxygen atoms in total. The Balaban J connectivity index is 1.41. The summed E-state index contributed by atoms with van der Waals surface area (Å²) in [6, 6.07) is 8.47. The normalized spacial score (nSPS) is 23.1. The van der Waals surface area contributed by atoms with Gasteiger partial charge in [-0.3, -0.25) is 9.80 Å². The van der Waals surface area contributed by atoms with Crippen LogP contribution < -0.4 is 0 Å².